The molecule has 0 aliphatic carbocycles. The van der Waals surface area contributed by atoms with Gasteiger partial charge in [-0.15, -0.1) is 0 Å². The van der Waals surface area contributed by atoms with Crippen LogP contribution < -0.4 is 10.2 Å². The Bertz CT molecular complexity index is 1020. The van der Waals surface area contributed by atoms with Crippen molar-refractivity contribution in [3.63, 3.8) is 0 Å². The van der Waals surface area contributed by atoms with Gasteiger partial charge in [0.1, 0.15) is 0 Å². The molecule has 3 nitrogen and oxygen atoms in total. The van der Waals surface area contributed by atoms with E-state index in [1.54, 1.807) is 0 Å². The zero-order valence-corrected chi connectivity index (χ0v) is 19.3. The van der Waals surface area contributed by atoms with E-state index in [2.05, 4.69) is 97.0 Å². The maximum atomic E-state index is 6.48. The van der Waals surface area contributed by atoms with E-state index in [1.807, 2.05) is 0 Å². The highest BCUT2D eigenvalue weighted by molar-refractivity contribution is 5.51. The summed E-state index contributed by atoms with van der Waals surface area (Å²) in [5, 5.41) is 3.33. The van der Waals surface area contributed by atoms with Crippen LogP contribution in [0.15, 0.2) is 72.8 Å². The maximum Gasteiger partial charge on any atom is 0.0938 e. The molecule has 2 atom stereocenters. The summed E-state index contributed by atoms with van der Waals surface area (Å²) in [5.41, 5.74) is 7.93. The van der Waals surface area contributed by atoms with Crippen LogP contribution in [-0.2, 0) is 11.3 Å². The van der Waals surface area contributed by atoms with Gasteiger partial charge in [0.2, 0.25) is 0 Å². The standard InChI is InChI=1S/C29H34N2O/c1-21-8-13-27-25(18-21)20-32-29(24-6-4-3-5-7-24)28(27)23-9-11-26(12-10-23)31-16-14-22(15-17-31)19-30-2/h3-13,18,22,28-30H,14-17,19-20H2,1-2H3/t28-,29-/m1/s1. The van der Waals surface area contributed by atoms with Gasteiger partial charge in [0.05, 0.1) is 12.7 Å². The number of fused-ring (bicyclic) bond motifs is 1. The second-order valence-corrected chi connectivity index (χ2v) is 9.40. The lowest BCUT2D eigenvalue weighted by atomic mass is 9.79. The number of benzene rings is 3. The van der Waals surface area contributed by atoms with E-state index in [4.69, 9.17) is 4.74 Å². The fourth-order valence-corrected chi connectivity index (χ4v) is 5.46. The number of aryl methyl sites for hydroxylation is 1. The number of hydrogen-bond acceptors (Lipinski definition) is 3. The van der Waals surface area contributed by atoms with Gasteiger partial charge in [-0.25, -0.2) is 0 Å². The van der Waals surface area contributed by atoms with Crippen LogP contribution >= 0.6 is 0 Å². The normalized spacial score (nSPS) is 21.4. The minimum atomic E-state index is 0.0366. The van der Waals surface area contributed by atoms with Gasteiger partial charge in [0.25, 0.3) is 0 Å². The molecule has 32 heavy (non-hydrogen) atoms. The zero-order valence-electron chi connectivity index (χ0n) is 19.3. The van der Waals surface area contributed by atoms with Crippen molar-refractivity contribution in [2.75, 3.05) is 31.6 Å². The molecule has 3 aromatic rings. The molecular weight excluding hydrogens is 392 g/mol. The average molecular weight is 427 g/mol. The van der Waals surface area contributed by atoms with Gasteiger partial charge in [0.15, 0.2) is 0 Å². The summed E-state index contributed by atoms with van der Waals surface area (Å²) in [7, 11) is 2.06. The predicted octanol–water partition coefficient (Wildman–Crippen LogP) is 5.83. The molecule has 0 unspecified atom stereocenters. The van der Waals surface area contributed by atoms with Crippen molar-refractivity contribution >= 4 is 5.69 Å². The van der Waals surface area contributed by atoms with E-state index >= 15 is 0 Å². The van der Waals surface area contributed by atoms with Crippen LogP contribution in [-0.4, -0.2) is 26.7 Å². The van der Waals surface area contributed by atoms with E-state index in [0.29, 0.717) is 6.61 Å². The molecule has 166 valence electrons. The van der Waals surface area contributed by atoms with Crippen LogP contribution in [0.4, 0.5) is 5.69 Å². The molecule has 0 radical (unpaired) electrons. The molecule has 1 N–H and O–H groups in total. The molecule has 2 aliphatic rings. The zero-order chi connectivity index (χ0) is 21.9. The molecule has 1 saturated heterocycles. The van der Waals surface area contributed by atoms with Crippen molar-refractivity contribution in [1.82, 2.24) is 5.32 Å². The molecule has 0 saturated carbocycles. The Balaban J connectivity index is 1.43. The Hall–Kier alpha value is -2.62. The van der Waals surface area contributed by atoms with Crippen molar-refractivity contribution in [2.24, 2.45) is 5.92 Å². The Morgan fingerprint density at radius 1 is 0.906 bits per heavy atom. The summed E-state index contributed by atoms with van der Waals surface area (Å²) in [6.07, 6.45) is 2.57. The fraction of sp³-hybridized carbons (Fsp3) is 0.379. The average Bonchev–Trinajstić information content (AvgIpc) is 2.84. The van der Waals surface area contributed by atoms with Gasteiger partial charge in [0, 0.05) is 24.7 Å². The third kappa shape index (κ3) is 4.32. The predicted molar refractivity (Wildman–Crippen MR) is 132 cm³/mol. The molecule has 0 aromatic heterocycles. The highest BCUT2D eigenvalue weighted by Gasteiger charge is 2.33. The van der Waals surface area contributed by atoms with Gasteiger partial charge >= 0.3 is 0 Å². The van der Waals surface area contributed by atoms with Crippen LogP contribution in [0.2, 0.25) is 0 Å². The molecule has 3 aromatic carbocycles. The van der Waals surface area contributed by atoms with E-state index in [0.717, 1.165) is 25.6 Å². The van der Waals surface area contributed by atoms with Crippen molar-refractivity contribution in [3.05, 3.63) is 101 Å². The Morgan fingerprint density at radius 2 is 1.66 bits per heavy atom. The molecule has 0 spiro atoms. The van der Waals surface area contributed by atoms with Crippen LogP contribution in [0.25, 0.3) is 0 Å². The molecule has 2 heterocycles. The second-order valence-electron chi connectivity index (χ2n) is 9.40. The first-order valence-corrected chi connectivity index (χ1v) is 12.0. The molecular formula is C29H34N2O. The number of nitrogens with zero attached hydrogens (tertiary/aromatic N) is 1. The highest BCUT2D eigenvalue weighted by Crippen LogP contribution is 2.45. The lowest BCUT2D eigenvalue weighted by Crippen LogP contribution is -2.36. The fourth-order valence-electron chi connectivity index (χ4n) is 5.46. The van der Waals surface area contributed by atoms with Gasteiger partial charge in [-0.1, -0.05) is 66.2 Å². The van der Waals surface area contributed by atoms with Crippen molar-refractivity contribution in [3.8, 4) is 0 Å². The van der Waals surface area contributed by atoms with Crippen molar-refractivity contribution in [2.45, 2.75) is 38.4 Å². The number of hydrogen-bond donors (Lipinski definition) is 1. The Labute approximate surface area is 192 Å². The first-order valence-electron chi connectivity index (χ1n) is 12.0. The number of anilines is 1. The number of nitrogens with one attached hydrogen (secondary N) is 1. The van der Waals surface area contributed by atoms with Crippen LogP contribution in [0.5, 0.6) is 0 Å². The summed E-state index contributed by atoms with van der Waals surface area (Å²) in [6.45, 7) is 6.26. The van der Waals surface area contributed by atoms with Gasteiger partial charge in [-0.3, -0.25) is 0 Å². The van der Waals surface area contributed by atoms with E-state index in [1.165, 1.54) is 46.3 Å². The number of ether oxygens (including phenoxy) is 1. The third-order valence-electron chi connectivity index (χ3n) is 7.21. The quantitative estimate of drug-likeness (QED) is 0.555. The lowest BCUT2D eigenvalue weighted by molar-refractivity contribution is 0.0149. The summed E-state index contributed by atoms with van der Waals surface area (Å²) < 4.78 is 6.48. The molecule has 1 fully saturated rings. The van der Waals surface area contributed by atoms with E-state index < -0.39 is 0 Å². The smallest absolute Gasteiger partial charge is 0.0938 e. The second kappa shape index (κ2) is 9.48. The molecule has 5 rings (SSSR count). The topological polar surface area (TPSA) is 24.5 Å². The number of piperidine rings is 1. The van der Waals surface area contributed by atoms with Gasteiger partial charge in [-0.2, -0.15) is 0 Å². The molecule has 0 amide bonds. The van der Waals surface area contributed by atoms with Crippen LogP contribution in [0.1, 0.15) is 52.7 Å². The summed E-state index contributed by atoms with van der Waals surface area (Å²) in [4.78, 5) is 2.54. The summed E-state index contributed by atoms with van der Waals surface area (Å²) >= 11 is 0. The third-order valence-corrected chi connectivity index (χ3v) is 7.21. The van der Waals surface area contributed by atoms with E-state index in [9.17, 15) is 0 Å². The Morgan fingerprint density at radius 3 is 2.38 bits per heavy atom. The maximum absolute atomic E-state index is 6.48. The number of rotatable bonds is 5. The van der Waals surface area contributed by atoms with E-state index in [-0.39, 0.29) is 12.0 Å². The minimum absolute atomic E-state index is 0.0366. The van der Waals surface area contributed by atoms with Crippen LogP contribution in [0.3, 0.4) is 0 Å². The largest absolute Gasteiger partial charge is 0.372 e. The Kier molecular flexibility index (Phi) is 6.29. The van der Waals surface area contributed by atoms with Crippen molar-refractivity contribution < 1.29 is 4.74 Å². The first kappa shape index (κ1) is 21.2. The minimum Gasteiger partial charge on any atom is -0.372 e. The first-order chi connectivity index (χ1) is 15.7. The SMILES string of the molecule is CNCC1CCN(c2ccc([C@@H]3c4ccc(C)cc4CO[C@@H]3c3ccccc3)cc2)CC1. The lowest BCUT2D eigenvalue weighted by Gasteiger charge is -2.36. The molecule has 0 bridgehead atoms. The highest BCUT2D eigenvalue weighted by atomic mass is 16.5. The van der Waals surface area contributed by atoms with Crippen molar-refractivity contribution in [1.29, 1.82) is 0 Å². The molecule has 2 aliphatic heterocycles. The van der Waals surface area contributed by atoms with Gasteiger partial charge in [-0.05, 0) is 73.7 Å². The monoisotopic (exact) mass is 426 g/mol. The molecule has 3 heteroatoms. The summed E-state index contributed by atoms with van der Waals surface area (Å²) in [5.74, 6) is 1.01. The van der Waals surface area contributed by atoms with Crippen LogP contribution in [0, 0.1) is 12.8 Å². The summed E-state index contributed by atoms with van der Waals surface area (Å²) in [6, 6.07) is 26.8. The van der Waals surface area contributed by atoms with Gasteiger partial charge < -0.3 is 15.0 Å².